The van der Waals surface area contributed by atoms with Crippen LogP contribution in [0.25, 0.3) is 0 Å². The van der Waals surface area contributed by atoms with Crippen LogP contribution in [-0.2, 0) is 13.5 Å². The highest BCUT2D eigenvalue weighted by Gasteiger charge is 2.37. The largest absolute Gasteiger partial charge is 0.352 e. The lowest BCUT2D eigenvalue weighted by Crippen LogP contribution is -2.35. The lowest BCUT2D eigenvalue weighted by atomic mass is 9.80. The molecule has 5 nitrogen and oxygen atoms in total. The molecule has 0 bridgehead atoms. The maximum atomic E-state index is 12.8. The Balaban J connectivity index is 1.41. The van der Waals surface area contributed by atoms with E-state index in [1.807, 2.05) is 29.9 Å². The summed E-state index contributed by atoms with van der Waals surface area (Å²) in [6.07, 6.45) is 7.67. The number of hydrogen-bond donors (Lipinski definition) is 2. The van der Waals surface area contributed by atoms with Crippen LogP contribution in [0, 0.1) is 11.8 Å². The Morgan fingerprint density at radius 3 is 2.92 bits per heavy atom. The summed E-state index contributed by atoms with van der Waals surface area (Å²) in [7, 11) is 1.91. The van der Waals surface area contributed by atoms with Gasteiger partial charge in [-0.15, -0.1) is 0 Å². The van der Waals surface area contributed by atoms with Crippen molar-refractivity contribution >= 4 is 5.91 Å². The van der Waals surface area contributed by atoms with Gasteiger partial charge in [0.05, 0.1) is 17.5 Å². The van der Waals surface area contributed by atoms with Crippen molar-refractivity contribution in [3.63, 3.8) is 0 Å². The average molecular weight is 352 g/mol. The Bertz CT molecular complexity index is 755. The van der Waals surface area contributed by atoms with Crippen LogP contribution < -0.4 is 10.6 Å². The maximum Gasteiger partial charge on any atom is 0.254 e. The molecule has 2 fully saturated rings. The fourth-order valence-corrected chi connectivity index (χ4v) is 4.63. The van der Waals surface area contributed by atoms with Gasteiger partial charge in [0.1, 0.15) is 0 Å². The summed E-state index contributed by atoms with van der Waals surface area (Å²) in [4.78, 5) is 12.8. The van der Waals surface area contributed by atoms with E-state index in [0.717, 1.165) is 31.1 Å². The number of amides is 1. The second-order valence-corrected chi connectivity index (χ2v) is 7.72. The Labute approximate surface area is 155 Å². The zero-order valence-electron chi connectivity index (χ0n) is 15.4. The van der Waals surface area contributed by atoms with Crippen LogP contribution in [0.2, 0.25) is 0 Å². The molecule has 2 aromatic rings. The van der Waals surface area contributed by atoms with Gasteiger partial charge in [-0.1, -0.05) is 43.2 Å². The highest BCUT2D eigenvalue weighted by Crippen LogP contribution is 2.34. The van der Waals surface area contributed by atoms with E-state index in [1.54, 1.807) is 6.20 Å². The fourth-order valence-electron chi connectivity index (χ4n) is 4.63. The molecule has 1 aliphatic heterocycles. The molecule has 1 aromatic carbocycles. The van der Waals surface area contributed by atoms with Crippen molar-refractivity contribution in [3.8, 4) is 0 Å². The summed E-state index contributed by atoms with van der Waals surface area (Å²) < 4.78 is 1.82. The van der Waals surface area contributed by atoms with Crippen molar-refractivity contribution < 1.29 is 4.79 Å². The van der Waals surface area contributed by atoms with E-state index >= 15 is 0 Å². The van der Waals surface area contributed by atoms with E-state index in [0.29, 0.717) is 17.5 Å². The van der Waals surface area contributed by atoms with Crippen molar-refractivity contribution in [1.29, 1.82) is 0 Å². The van der Waals surface area contributed by atoms with Gasteiger partial charge in [-0.2, -0.15) is 5.10 Å². The highest BCUT2D eigenvalue weighted by molar-refractivity contribution is 5.95. The smallest absolute Gasteiger partial charge is 0.254 e. The molecule has 3 atom stereocenters. The van der Waals surface area contributed by atoms with Crippen LogP contribution >= 0.6 is 0 Å². The summed E-state index contributed by atoms with van der Waals surface area (Å²) in [6.45, 7) is 1.78. The van der Waals surface area contributed by atoms with Crippen LogP contribution in [0.1, 0.15) is 47.3 Å². The van der Waals surface area contributed by atoms with Crippen molar-refractivity contribution in [1.82, 2.24) is 20.4 Å². The normalized spacial score (nSPS) is 25.0. The first-order chi connectivity index (χ1) is 12.7. The van der Waals surface area contributed by atoms with Gasteiger partial charge in [-0.3, -0.25) is 9.48 Å². The molecule has 5 heteroatoms. The monoisotopic (exact) mass is 352 g/mol. The van der Waals surface area contributed by atoms with E-state index in [-0.39, 0.29) is 5.91 Å². The second-order valence-electron chi connectivity index (χ2n) is 7.72. The molecule has 2 aliphatic rings. The van der Waals surface area contributed by atoms with E-state index in [2.05, 4.69) is 27.9 Å². The average Bonchev–Trinajstić information content (AvgIpc) is 3.25. The molecule has 2 N–H and O–H groups in total. The van der Waals surface area contributed by atoms with Gasteiger partial charge in [0.2, 0.25) is 0 Å². The topological polar surface area (TPSA) is 59.0 Å². The first-order valence-corrected chi connectivity index (χ1v) is 9.79. The second kappa shape index (κ2) is 7.62. The molecule has 138 valence electrons. The molecule has 0 radical (unpaired) electrons. The molecule has 1 saturated carbocycles. The standard InChI is InChI=1S/C21H28N4O/c1-25-20(11-15-7-3-2-4-8-15)18(14-24-25)21(26)23-13-16-12-22-19-10-6-5-9-17(16)19/h2-4,7-8,14,16-17,19,22H,5-6,9-13H2,1H3,(H,23,26). The SMILES string of the molecule is Cn1ncc(C(=O)NCC2CNC3CCCCC23)c1Cc1ccccc1. The van der Waals surface area contributed by atoms with Crippen molar-refractivity contribution in [3.05, 3.63) is 53.3 Å². The molecule has 2 heterocycles. The minimum absolute atomic E-state index is 0.00305. The number of carbonyl (C=O) groups excluding carboxylic acids is 1. The number of nitrogens with one attached hydrogen (secondary N) is 2. The van der Waals surface area contributed by atoms with Crippen LogP contribution in [-0.4, -0.2) is 34.8 Å². The van der Waals surface area contributed by atoms with Gasteiger partial charge in [0.15, 0.2) is 0 Å². The Kier molecular flexibility index (Phi) is 5.07. The van der Waals surface area contributed by atoms with Gasteiger partial charge < -0.3 is 10.6 Å². The molecule has 0 spiro atoms. The number of benzene rings is 1. The zero-order valence-corrected chi connectivity index (χ0v) is 15.4. The third-order valence-electron chi connectivity index (χ3n) is 6.11. The van der Waals surface area contributed by atoms with Gasteiger partial charge in [0, 0.05) is 32.6 Å². The van der Waals surface area contributed by atoms with E-state index in [1.165, 1.54) is 31.2 Å². The molecule has 3 unspecified atom stereocenters. The Hall–Kier alpha value is -2.14. The molecule has 1 aromatic heterocycles. The van der Waals surface area contributed by atoms with Crippen molar-refractivity contribution in [2.24, 2.45) is 18.9 Å². The van der Waals surface area contributed by atoms with Crippen LogP contribution in [0.15, 0.2) is 36.5 Å². The Morgan fingerprint density at radius 2 is 2.08 bits per heavy atom. The molecule has 1 saturated heterocycles. The van der Waals surface area contributed by atoms with Gasteiger partial charge >= 0.3 is 0 Å². The van der Waals surface area contributed by atoms with Crippen molar-refractivity contribution in [2.75, 3.05) is 13.1 Å². The third-order valence-corrected chi connectivity index (χ3v) is 6.11. The molecule has 1 aliphatic carbocycles. The number of aryl methyl sites for hydroxylation is 1. The molecular weight excluding hydrogens is 324 g/mol. The summed E-state index contributed by atoms with van der Waals surface area (Å²) >= 11 is 0. The number of fused-ring (bicyclic) bond motifs is 1. The van der Waals surface area contributed by atoms with Crippen LogP contribution in [0.3, 0.4) is 0 Å². The lowest BCUT2D eigenvalue weighted by Gasteiger charge is -2.28. The van der Waals surface area contributed by atoms with Crippen LogP contribution in [0.5, 0.6) is 0 Å². The first-order valence-electron chi connectivity index (χ1n) is 9.79. The quantitative estimate of drug-likeness (QED) is 0.869. The summed E-state index contributed by atoms with van der Waals surface area (Å²) in [5.74, 6) is 1.28. The lowest BCUT2D eigenvalue weighted by molar-refractivity contribution is 0.0942. The minimum atomic E-state index is 0.00305. The third kappa shape index (κ3) is 3.54. The molecule has 26 heavy (non-hydrogen) atoms. The van der Waals surface area contributed by atoms with Gasteiger partial charge in [-0.25, -0.2) is 0 Å². The van der Waals surface area contributed by atoms with E-state index < -0.39 is 0 Å². The van der Waals surface area contributed by atoms with Crippen molar-refractivity contribution in [2.45, 2.75) is 38.1 Å². The van der Waals surface area contributed by atoms with Gasteiger partial charge in [-0.05, 0) is 30.2 Å². The maximum absolute atomic E-state index is 12.8. The summed E-state index contributed by atoms with van der Waals surface area (Å²) in [5, 5.41) is 11.2. The molecule has 1 amide bonds. The summed E-state index contributed by atoms with van der Waals surface area (Å²) in [5.41, 5.74) is 2.85. The number of nitrogens with zero attached hydrogens (tertiary/aromatic N) is 2. The number of hydrogen-bond acceptors (Lipinski definition) is 3. The van der Waals surface area contributed by atoms with E-state index in [4.69, 9.17) is 0 Å². The van der Waals surface area contributed by atoms with Gasteiger partial charge in [0.25, 0.3) is 5.91 Å². The predicted molar refractivity (Wildman–Crippen MR) is 102 cm³/mol. The van der Waals surface area contributed by atoms with Crippen LogP contribution in [0.4, 0.5) is 0 Å². The van der Waals surface area contributed by atoms with E-state index in [9.17, 15) is 4.79 Å². The number of aromatic nitrogens is 2. The first kappa shape index (κ1) is 17.3. The number of carbonyl (C=O) groups is 1. The molecule has 4 rings (SSSR count). The number of rotatable bonds is 5. The summed E-state index contributed by atoms with van der Waals surface area (Å²) in [6, 6.07) is 10.9. The minimum Gasteiger partial charge on any atom is -0.352 e. The zero-order chi connectivity index (χ0) is 17.9. The Morgan fingerprint density at radius 1 is 1.27 bits per heavy atom. The highest BCUT2D eigenvalue weighted by atomic mass is 16.1. The fraction of sp³-hybridized carbons (Fsp3) is 0.524. The molecular formula is C21H28N4O. The predicted octanol–water partition coefficient (Wildman–Crippen LogP) is 2.52.